The lowest BCUT2D eigenvalue weighted by atomic mass is 10.1. The van der Waals surface area contributed by atoms with Gasteiger partial charge in [0.1, 0.15) is 0 Å². The second-order valence-electron chi connectivity index (χ2n) is 5.74. The number of anilines is 1. The van der Waals surface area contributed by atoms with E-state index in [-0.39, 0.29) is 23.4 Å². The smallest absolute Gasteiger partial charge is 0.374 e. The van der Waals surface area contributed by atoms with Crippen LogP contribution in [0.4, 0.5) is 5.69 Å². The molecule has 2 aromatic rings. The molecule has 0 saturated heterocycles. The van der Waals surface area contributed by atoms with Crippen molar-refractivity contribution in [1.29, 1.82) is 0 Å². The van der Waals surface area contributed by atoms with E-state index in [4.69, 9.17) is 9.15 Å². The fourth-order valence-corrected chi connectivity index (χ4v) is 2.24. The van der Waals surface area contributed by atoms with Crippen LogP contribution in [0.5, 0.6) is 0 Å². The predicted octanol–water partition coefficient (Wildman–Crippen LogP) is 4.06. The molecule has 1 aromatic carbocycles. The topological polar surface area (TPSA) is 85.6 Å². The van der Waals surface area contributed by atoms with Crippen LogP contribution >= 0.6 is 15.9 Å². The molecule has 25 heavy (non-hydrogen) atoms. The largest absolute Gasteiger partial charge is 0.448 e. The Morgan fingerprint density at radius 3 is 2.20 bits per heavy atom. The highest BCUT2D eigenvalue weighted by atomic mass is 79.9. The van der Waals surface area contributed by atoms with Gasteiger partial charge in [0, 0.05) is 17.2 Å². The normalized spacial score (nSPS) is 11.9. The molecule has 0 saturated carbocycles. The van der Waals surface area contributed by atoms with Gasteiger partial charge in [-0.1, -0.05) is 13.8 Å². The van der Waals surface area contributed by atoms with E-state index >= 15 is 0 Å². The lowest BCUT2D eigenvalue weighted by molar-refractivity contribution is -0.118. The Hall–Kier alpha value is -2.41. The van der Waals surface area contributed by atoms with Gasteiger partial charge in [0.2, 0.25) is 17.5 Å². The maximum atomic E-state index is 12.4. The van der Waals surface area contributed by atoms with Crippen molar-refractivity contribution >= 4 is 39.3 Å². The van der Waals surface area contributed by atoms with E-state index < -0.39 is 12.1 Å². The SMILES string of the molecule is CC(C)C(=O)Nc1ccc(C(=O)C(C)OC(=O)c2ccc(Br)o2)cc1. The first-order valence-electron chi connectivity index (χ1n) is 7.69. The zero-order chi connectivity index (χ0) is 18.6. The number of ether oxygens (including phenoxy) is 1. The monoisotopic (exact) mass is 407 g/mol. The molecular formula is C18H18BrNO5. The fourth-order valence-electron chi connectivity index (χ4n) is 1.94. The maximum absolute atomic E-state index is 12.4. The van der Waals surface area contributed by atoms with E-state index in [2.05, 4.69) is 21.2 Å². The summed E-state index contributed by atoms with van der Waals surface area (Å²) >= 11 is 3.09. The predicted molar refractivity (Wildman–Crippen MR) is 95.5 cm³/mol. The summed E-state index contributed by atoms with van der Waals surface area (Å²) in [7, 11) is 0. The third kappa shape index (κ3) is 5.03. The van der Waals surface area contributed by atoms with Gasteiger partial charge in [-0.05, 0) is 59.3 Å². The van der Waals surface area contributed by atoms with E-state index in [1.807, 2.05) is 0 Å². The van der Waals surface area contributed by atoms with E-state index in [0.717, 1.165) is 0 Å². The lowest BCUT2D eigenvalue weighted by Gasteiger charge is -2.12. The number of ketones is 1. The molecule has 132 valence electrons. The van der Waals surface area contributed by atoms with Gasteiger partial charge in [0.25, 0.3) is 0 Å². The van der Waals surface area contributed by atoms with Crippen molar-refractivity contribution in [3.05, 3.63) is 52.4 Å². The molecule has 1 aromatic heterocycles. The second-order valence-corrected chi connectivity index (χ2v) is 6.52. The Balaban J connectivity index is 1.99. The zero-order valence-corrected chi connectivity index (χ0v) is 15.6. The summed E-state index contributed by atoms with van der Waals surface area (Å²) in [6.45, 7) is 5.08. The van der Waals surface area contributed by atoms with Gasteiger partial charge in [-0.2, -0.15) is 0 Å². The number of Topliss-reactive ketones (excluding diaryl/α,β-unsaturated/α-hetero) is 1. The van der Waals surface area contributed by atoms with E-state index in [0.29, 0.717) is 15.9 Å². The number of carbonyl (C=O) groups is 3. The van der Waals surface area contributed by atoms with Crippen LogP contribution in [0, 0.1) is 5.92 Å². The minimum absolute atomic E-state index is 0.0123. The summed E-state index contributed by atoms with van der Waals surface area (Å²) in [5, 5.41) is 2.74. The Bertz CT molecular complexity index is 779. The van der Waals surface area contributed by atoms with Gasteiger partial charge in [0.15, 0.2) is 10.8 Å². The Morgan fingerprint density at radius 1 is 1.04 bits per heavy atom. The van der Waals surface area contributed by atoms with Crippen LogP contribution in [0.1, 0.15) is 41.7 Å². The van der Waals surface area contributed by atoms with Crippen LogP contribution < -0.4 is 5.32 Å². The van der Waals surface area contributed by atoms with Crippen LogP contribution in [0.15, 0.2) is 45.5 Å². The maximum Gasteiger partial charge on any atom is 0.374 e. The quantitative estimate of drug-likeness (QED) is 0.576. The minimum atomic E-state index is -0.965. The van der Waals surface area contributed by atoms with E-state index in [9.17, 15) is 14.4 Å². The Morgan fingerprint density at radius 2 is 1.68 bits per heavy atom. The van der Waals surface area contributed by atoms with Crippen LogP contribution in [0.3, 0.4) is 0 Å². The summed E-state index contributed by atoms with van der Waals surface area (Å²) in [5.41, 5.74) is 0.976. The highest BCUT2D eigenvalue weighted by Gasteiger charge is 2.22. The first kappa shape index (κ1) is 18.9. The molecule has 6 nitrogen and oxygen atoms in total. The number of benzene rings is 1. The molecule has 0 aliphatic heterocycles. The molecule has 0 radical (unpaired) electrons. The number of hydrogen-bond acceptors (Lipinski definition) is 5. The van der Waals surface area contributed by atoms with Crippen molar-refractivity contribution in [1.82, 2.24) is 0 Å². The molecule has 1 N–H and O–H groups in total. The molecule has 0 aliphatic rings. The molecular weight excluding hydrogens is 390 g/mol. The zero-order valence-electron chi connectivity index (χ0n) is 14.0. The van der Waals surface area contributed by atoms with Gasteiger partial charge < -0.3 is 14.5 Å². The first-order valence-corrected chi connectivity index (χ1v) is 8.48. The standard InChI is InChI=1S/C18H18BrNO5/c1-10(2)17(22)20-13-6-4-12(5-7-13)16(21)11(3)24-18(23)14-8-9-15(19)25-14/h4-11H,1-3H3,(H,20,22). The third-order valence-electron chi connectivity index (χ3n) is 3.39. The molecule has 1 amide bonds. The van der Waals surface area contributed by atoms with E-state index in [1.165, 1.54) is 13.0 Å². The van der Waals surface area contributed by atoms with Crippen LogP contribution in [-0.2, 0) is 9.53 Å². The average molecular weight is 408 g/mol. The van der Waals surface area contributed by atoms with Gasteiger partial charge in [-0.25, -0.2) is 4.79 Å². The summed E-state index contributed by atoms with van der Waals surface area (Å²) in [6.07, 6.45) is -0.965. The molecule has 1 atom stereocenters. The highest BCUT2D eigenvalue weighted by Crippen LogP contribution is 2.17. The minimum Gasteiger partial charge on any atom is -0.448 e. The average Bonchev–Trinajstić information content (AvgIpc) is 3.01. The molecule has 1 unspecified atom stereocenters. The molecule has 0 aliphatic carbocycles. The van der Waals surface area contributed by atoms with Crippen molar-refractivity contribution in [2.45, 2.75) is 26.9 Å². The third-order valence-corrected chi connectivity index (χ3v) is 3.81. The molecule has 0 spiro atoms. The van der Waals surface area contributed by atoms with E-state index in [1.54, 1.807) is 44.2 Å². The number of esters is 1. The van der Waals surface area contributed by atoms with Crippen LogP contribution in [-0.4, -0.2) is 23.8 Å². The van der Waals surface area contributed by atoms with Gasteiger partial charge in [0.05, 0.1) is 0 Å². The number of furan rings is 1. The Labute approximate surface area is 153 Å². The molecule has 0 fully saturated rings. The number of carbonyl (C=O) groups excluding carboxylic acids is 3. The van der Waals surface area contributed by atoms with Gasteiger partial charge in [-0.15, -0.1) is 0 Å². The van der Waals surface area contributed by atoms with Crippen LogP contribution in [0.2, 0.25) is 0 Å². The van der Waals surface area contributed by atoms with Crippen molar-refractivity contribution in [3.8, 4) is 0 Å². The fraction of sp³-hybridized carbons (Fsp3) is 0.278. The summed E-state index contributed by atoms with van der Waals surface area (Å²) in [5.74, 6) is -1.29. The summed E-state index contributed by atoms with van der Waals surface area (Å²) < 4.78 is 10.6. The van der Waals surface area contributed by atoms with Gasteiger partial charge in [-0.3, -0.25) is 9.59 Å². The summed E-state index contributed by atoms with van der Waals surface area (Å²) in [6, 6.07) is 9.43. The molecule has 0 bridgehead atoms. The van der Waals surface area contributed by atoms with Gasteiger partial charge >= 0.3 is 5.97 Å². The number of hydrogen-bond donors (Lipinski definition) is 1. The number of nitrogens with one attached hydrogen (secondary N) is 1. The molecule has 1 heterocycles. The van der Waals surface area contributed by atoms with Crippen molar-refractivity contribution in [3.63, 3.8) is 0 Å². The number of halogens is 1. The number of amides is 1. The Kier molecular flexibility index (Phi) is 6.14. The molecule has 7 heteroatoms. The lowest BCUT2D eigenvalue weighted by Crippen LogP contribution is -2.24. The van der Waals surface area contributed by atoms with Crippen molar-refractivity contribution in [2.75, 3.05) is 5.32 Å². The highest BCUT2D eigenvalue weighted by molar-refractivity contribution is 9.10. The second kappa shape index (κ2) is 8.11. The van der Waals surface area contributed by atoms with Crippen LogP contribution in [0.25, 0.3) is 0 Å². The summed E-state index contributed by atoms with van der Waals surface area (Å²) in [4.78, 5) is 35.9. The first-order chi connectivity index (χ1) is 11.8. The van der Waals surface area contributed by atoms with Crippen molar-refractivity contribution < 1.29 is 23.5 Å². The van der Waals surface area contributed by atoms with Crippen molar-refractivity contribution in [2.24, 2.45) is 5.92 Å². The molecule has 2 rings (SSSR count). The number of rotatable bonds is 6.